The highest BCUT2D eigenvalue weighted by Gasteiger charge is 2.15. The first-order valence-corrected chi connectivity index (χ1v) is 12.8. The minimum absolute atomic E-state index is 1.20. The molecule has 0 aliphatic heterocycles. The normalized spacial score (nSPS) is 11.8. The molecule has 1 nitrogen and oxygen atoms in total. The molecular formula is C36H23N. The van der Waals surface area contributed by atoms with Gasteiger partial charge in [0.05, 0.1) is 16.7 Å². The van der Waals surface area contributed by atoms with Gasteiger partial charge in [-0.15, -0.1) is 0 Å². The van der Waals surface area contributed by atoms with E-state index in [4.69, 9.17) is 0 Å². The lowest BCUT2D eigenvalue weighted by Gasteiger charge is -2.15. The van der Waals surface area contributed by atoms with Crippen molar-refractivity contribution in [2.45, 2.75) is 0 Å². The smallest absolute Gasteiger partial charge is 0.0541 e. The fraction of sp³-hybridized carbons (Fsp3) is 0. The van der Waals surface area contributed by atoms with Gasteiger partial charge in [-0.3, -0.25) is 0 Å². The molecule has 0 aliphatic rings. The molecule has 0 saturated heterocycles. The Balaban J connectivity index is 1.38. The van der Waals surface area contributed by atoms with E-state index < -0.39 is 0 Å². The number of rotatable bonds is 2. The predicted molar refractivity (Wildman–Crippen MR) is 159 cm³/mol. The molecule has 0 unspecified atom stereocenters. The first kappa shape index (κ1) is 20.3. The second kappa shape index (κ2) is 7.81. The van der Waals surface area contributed by atoms with Gasteiger partial charge in [0.2, 0.25) is 0 Å². The number of hydrogen-bond donors (Lipinski definition) is 0. The zero-order valence-electron chi connectivity index (χ0n) is 20.2. The minimum atomic E-state index is 1.20. The number of benzene rings is 7. The lowest BCUT2D eigenvalue weighted by Crippen LogP contribution is -1.97. The molecule has 0 aliphatic carbocycles. The maximum absolute atomic E-state index is 2.41. The molecule has 0 spiro atoms. The van der Waals surface area contributed by atoms with Gasteiger partial charge in [0.25, 0.3) is 0 Å². The van der Waals surface area contributed by atoms with Gasteiger partial charge in [-0.25, -0.2) is 0 Å². The Hall–Kier alpha value is -4.88. The summed E-state index contributed by atoms with van der Waals surface area (Å²) in [6.45, 7) is 0. The molecule has 8 rings (SSSR count). The van der Waals surface area contributed by atoms with Crippen LogP contribution >= 0.6 is 0 Å². The molecule has 1 aromatic heterocycles. The summed E-state index contributed by atoms with van der Waals surface area (Å²) < 4.78 is 2.41. The van der Waals surface area contributed by atoms with Crippen molar-refractivity contribution in [3.05, 3.63) is 140 Å². The molecule has 0 N–H and O–H groups in total. The average Bonchev–Trinajstić information content (AvgIpc) is 3.31. The van der Waals surface area contributed by atoms with Gasteiger partial charge >= 0.3 is 0 Å². The second-order valence-electron chi connectivity index (χ2n) is 9.77. The molecule has 8 aromatic rings. The molecule has 1 heteroatoms. The first-order chi connectivity index (χ1) is 18.4. The fourth-order valence-corrected chi connectivity index (χ4v) is 6.09. The maximum atomic E-state index is 2.41. The van der Waals surface area contributed by atoms with Crippen LogP contribution in [0.1, 0.15) is 0 Å². The van der Waals surface area contributed by atoms with E-state index in [1.807, 2.05) is 0 Å². The lowest BCUT2D eigenvalue weighted by atomic mass is 9.94. The second-order valence-corrected chi connectivity index (χ2v) is 9.77. The molecule has 0 atom stereocenters. The van der Waals surface area contributed by atoms with Crippen molar-refractivity contribution >= 4 is 54.1 Å². The van der Waals surface area contributed by atoms with Crippen LogP contribution in [0.25, 0.3) is 70.9 Å². The van der Waals surface area contributed by atoms with Gasteiger partial charge in [-0.1, -0.05) is 115 Å². The average molecular weight is 470 g/mol. The molecule has 37 heavy (non-hydrogen) atoms. The highest BCUT2D eigenvalue weighted by Crippen LogP contribution is 2.38. The van der Waals surface area contributed by atoms with Crippen molar-refractivity contribution in [3.63, 3.8) is 0 Å². The van der Waals surface area contributed by atoms with Crippen LogP contribution in [-0.4, -0.2) is 4.57 Å². The summed E-state index contributed by atoms with van der Waals surface area (Å²) in [5.74, 6) is 0. The Morgan fingerprint density at radius 1 is 0.351 bits per heavy atom. The van der Waals surface area contributed by atoms with Gasteiger partial charge in [0.1, 0.15) is 0 Å². The Kier molecular flexibility index (Phi) is 4.29. The van der Waals surface area contributed by atoms with E-state index in [1.54, 1.807) is 0 Å². The van der Waals surface area contributed by atoms with Crippen LogP contribution in [0.4, 0.5) is 0 Å². The Morgan fingerprint density at radius 2 is 0.892 bits per heavy atom. The van der Waals surface area contributed by atoms with Crippen molar-refractivity contribution in [1.29, 1.82) is 0 Å². The zero-order valence-corrected chi connectivity index (χ0v) is 20.2. The third-order valence-electron chi connectivity index (χ3n) is 7.78. The van der Waals surface area contributed by atoms with Crippen molar-refractivity contribution in [2.24, 2.45) is 0 Å². The standard InChI is InChI=1S/C36H23N/c1-2-10-27-24(9-1)17-21-31-28-20-18-26(23-25(28)19-22-30(27)31)29-11-3-6-14-34(29)37-35-15-7-4-12-32(35)33-13-5-8-16-36(33)37/h1-23H. The number of hydrogen-bond acceptors (Lipinski definition) is 0. The van der Waals surface area contributed by atoms with Crippen LogP contribution < -0.4 is 0 Å². The summed E-state index contributed by atoms with van der Waals surface area (Å²) in [4.78, 5) is 0. The lowest BCUT2D eigenvalue weighted by molar-refractivity contribution is 1.18. The fourth-order valence-electron chi connectivity index (χ4n) is 6.09. The van der Waals surface area contributed by atoms with E-state index in [0.717, 1.165) is 0 Å². The number of fused-ring (bicyclic) bond motifs is 8. The van der Waals surface area contributed by atoms with E-state index in [9.17, 15) is 0 Å². The van der Waals surface area contributed by atoms with E-state index in [-0.39, 0.29) is 0 Å². The minimum Gasteiger partial charge on any atom is -0.309 e. The monoisotopic (exact) mass is 469 g/mol. The zero-order chi connectivity index (χ0) is 24.3. The summed E-state index contributed by atoms with van der Waals surface area (Å²) in [7, 11) is 0. The van der Waals surface area contributed by atoms with Crippen molar-refractivity contribution < 1.29 is 0 Å². The largest absolute Gasteiger partial charge is 0.309 e. The molecule has 0 radical (unpaired) electrons. The summed E-state index contributed by atoms with van der Waals surface area (Å²) in [6, 6.07) is 50.8. The van der Waals surface area contributed by atoms with Crippen molar-refractivity contribution in [3.8, 4) is 16.8 Å². The Bertz CT molecular complexity index is 2090. The molecule has 0 saturated carbocycles. The van der Waals surface area contributed by atoms with Crippen LogP contribution in [0, 0.1) is 0 Å². The molecule has 1 heterocycles. The number of nitrogens with zero attached hydrogens (tertiary/aromatic N) is 1. The van der Waals surface area contributed by atoms with Gasteiger partial charge in [-0.05, 0) is 62.1 Å². The quantitative estimate of drug-likeness (QED) is 0.222. The third-order valence-corrected chi connectivity index (χ3v) is 7.78. The van der Waals surface area contributed by atoms with Crippen LogP contribution in [0.2, 0.25) is 0 Å². The predicted octanol–water partition coefficient (Wildman–Crippen LogP) is 9.91. The van der Waals surface area contributed by atoms with E-state index in [0.29, 0.717) is 0 Å². The summed E-state index contributed by atoms with van der Waals surface area (Å²) in [5, 5.41) is 10.3. The highest BCUT2D eigenvalue weighted by atomic mass is 15.0. The third kappa shape index (κ3) is 2.98. The van der Waals surface area contributed by atoms with Gasteiger partial charge in [0, 0.05) is 16.3 Å². The summed E-state index contributed by atoms with van der Waals surface area (Å²) in [6.07, 6.45) is 0. The van der Waals surface area contributed by atoms with Crippen LogP contribution in [0.15, 0.2) is 140 Å². The van der Waals surface area contributed by atoms with Crippen LogP contribution in [0.5, 0.6) is 0 Å². The van der Waals surface area contributed by atoms with E-state index in [2.05, 4.69) is 144 Å². The number of para-hydroxylation sites is 3. The molecule has 0 bridgehead atoms. The van der Waals surface area contributed by atoms with Crippen molar-refractivity contribution in [2.75, 3.05) is 0 Å². The number of aromatic nitrogens is 1. The Morgan fingerprint density at radius 3 is 1.65 bits per heavy atom. The van der Waals surface area contributed by atoms with E-state index >= 15 is 0 Å². The maximum Gasteiger partial charge on any atom is 0.0541 e. The van der Waals surface area contributed by atoms with E-state index in [1.165, 1.54) is 70.9 Å². The SMILES string of the molecule is c1ccc(-n2c3ccccc3c3ccccc32)c(-c2ccc3c(ccc4c5ccccc5ccc34)c2)c1. The van der Waals surface area contributed by atoms with Crippen LogP contribution in [-0.2, 0) is 0 Å². The highest BCUT2D eigenvalue weighted by molar-refractivity contribution is 6.17. The summed E-state index contributed by atoms with van der Waals surface area (Å²) >= 11 is 0. The molecular weight excluding hydrogens is 446 g/mol. The topological polar surface area (TPSA) is 4.93 Å². The molecule has 0 fully saturated rings. The van der Waals surface area contributed by atoms with Crippen LogP contribution in [0.3, 0.4) is 0 Å². The van der Waals surface area contributed by atoms with Crippen molar-refractivity contribution in [1.82, 2.24) is 4.57 Å². The molecule has 7 aromatic carbocycles. The van der Waals surface area contributed by atoms with Gasteiger partial charge in [0.15, 0.2) is 0 Å². The molecule has 172 valence electrons. The Labute approximate surface area is 214 Å². The van der Waals surface area contributed by atoms with Gasteiger partial charge < -0.3 is 4.57 Å². The van der Waals surface area contributed by atoms with Gasteiger partial charge in [-0.2, -0.15) is 0 Å². The first-order valence-electron chi connectivity index (χ1n) is 12.8. The summed E-state index contributed by atoms with van der Waals surface area (Å²) in [5.41, 5.74) is 6.12. The molecule has 0 amide bonds.